The van der Waals surface area contributed by atoms with E-state index >= 15 is 0 Å². The number of fused-ring (bicyclic) bond motifs is 1. The van der Waals surface area contributed by atoms with Gasteiger partial charge in [-0.05, 0) is 49.9 Å². The minimum absolute atomic E-state index is 0.114. The van der Waals surface area contributed by atoms with Crippen LogP contribution in [0.3, 0.4) is 0 Å². The normalized spacial score (nSPS) is 34.3. The highest BCUT2D eigenvalue weighted by atomic mass is 16.5. The maximum absolute atomic E-state index is 12.2. The molecule has 1 aromatic rings. The molecule has 0 amide bonds. The van der Waals surface area contributed by atoms with Crippen LogP contribution in [0.15, 0.2) is 18.2 Å². The van der Waals surface area contributed by atoms with Crippen molar-refractivity contribution in [2.45, 2.75) is 36.2 Å². The van der Waals surface area contributed by atoms with Gasteiger partial charge in [0.25, 0.3) is 0 Å². The van der Waals surface area contributed by atoms with Gasteiger partial charge in [0.1, 0.15) is 6.10 Å². The summed E-state index contributed by atoms with van der Waals surface area (Å²) in [5, 5.41) is 10.2. The zero-order chi connectivity index (χ0) is 16.8. The van der Waals surface area contributed by atoms with Crippen molar-refractivity contribution in [1.82, 2.24) is 4.90 Å². The Morgan fingerprint density at radius 1 is 1.30 bits per heavy atom. The number of aliphatic hydroxyl groups is 1. The average Bonchev–Trinajstić information content (AvgIpc) is 2.89. The number of likely N-dealkylation sites (N-methyl/N-ethyl adjacent to an activating group) is 1. The number of carbonyl (C=O) groups is 1. The van der Waals surface area contributed by atoms with Crippen LogP contribution in [-0.2, 0) is 10.2 Å². The zero-order valence-corrected chi connectivity index (χ0v) is 13.8. The molecule has 122 valence electrons. The van der Waals surface area contributed by atoms with E-state index in [1.54, 1.807) is 14.2 Å². The predicted molar refractivity (Wildman–Crippen MR) is 87.4 cm³/mol. The number of Topliss-reactive ketones (excluding diaryl/α,β-unsaturated/α-hetero) is 1. The second-order valence-corrected chi connectivity index (χ2v) is 6.55. The SMILES string of the molecule is [B]C1C(=O)C(O)C[C@@]2(c3ccc(OC)c(OC)c3)CCN(C)C12. The van der Waals surface area contributed by atoms with Crippen LogP contribution in [0.25, 0.3) is 0 Å². The minimum Gasteiger partial charge on any atom is -0.493 e. The van der Waals surface area contributed by atoms with Gasteiger partial charge in [-0.2, -0.15) is 0 Å². The topological polar surface area (TPSA) is 59.0 Å². The summed E-state index contributed by atoms with van der Waals surface area (Å²) in [6.07, 6.45) is 0.229. The van der Waals surface area contributed by atoms with Crippen molar-refractivity contribution >= 4 is 13.6 Å². The fraction of sp³-hybridized carbons (Fsp3) is 0.588. The van der Waals surface area contributed by atoms with E-state index in [4.69, 9.17) is 17.3 Å². The summed E-state index contributed by atoms with van der Waals surface area (Å²) in [6.45, 7) is 0.840. The van der Waals surface area contributed by atoms with Gasteiger partial charge in [0.15, 0.2) is 17.3 Å². The van der Waals surface area contributed by atoms with E-state index in [1.165, 1.54) is 0 Å². The van der Waals surface area contributed by atoms with Gasteiger partial charge in [0.05, 0.1) is 22.1 Å². The Balaban J connectivity index is 2.10. The Morgan fingerprint density at radius 2 is 2.00 bits per heavy atom. The number of hydrogen-bond donors (Lipinski definition) is 1. The summed E-state index contributed by atoms with van der Waals surface area (Å²) < 4.78 is 10.7. The second kappa shape index (κ2) is 5.84. The maximum atomic E-state index is 12.2. The van der Waals surface area contributed by atoms with Crippen LogP contribution in [0.1, 0.15) is 18.4 Å². The Bertz CT molecular complexity index is 623. The Kier molecular flexibility index (Phi) is 4.15. The molecule has 2 aliphatic rings. The molecule has 1 N–H and O–H groups in total. The Morgan fingerprint density at radius 3 is 2.65 bits per heavy atom. The van der Waals surface area contributed by atoms with Gasteiger partial charge in [-0.3, -0.25) is 4.79 Å². The standard InChI is InChI=1S/C17H22BNO4/c1-19-7-6-17(9-11(20)15(21)14(18)16(17)19)10-4-5-12(22-2)13(8-10)23-3/h4-5,8,11,14,16,20H,6-7,9H2,1-3H3/t11?,14?,16?,17-/m1/s1. The summed E-state index contributed by atoms with van der Waals surface area (Å²) in [5.74, 6) is 0.360. The zero-order valence-electron chi connectivity index (χ0n) is 13.8. The van der Waals surface area contributed by atoms with Crippen LogP contribution < -0.4 is 9.47 Å². The highest BCUT2D eigenvalue weighted by Crippen LogP contribution is 2.51. The third kappa shape index (κ3) is 2.36. The smallest absolute Gasteiger partial charge is 0.161 e. The van der Waals surface area contributed by atoms with E-state index in [-0.39, 0.29) is 17.2 Å². The monoisotopic (exact) mass is 315 g/mol. The third-order valence-corrected chi connectivity index (χ3v) is 5.46. The second-order valence-electron chi connectivity index (χ2n) is 6.55. The maximum Gasteiger partial charge on any atom is 0.161 e. The molecule has 1 saturated carbocycles. The molecular weight excluding hydrogens is 293 g/mol. The summed E-state index contributed by atoms with van der Waals surface area (Å²) in [4.78, 5) is 14.3. The molecular formula is C17H22BNO4. The third-order valence-electron chi connectivity index (χ3n) is 5.46. The lowest BCUT2D eigenvalue weighted by atomic mass is 9.56. The van der Waals surface area contributed by atoms with Crippen LogP contribution in [-0.4, -0.2) is 63.6 Å². The van der Waals surface area contributed by atoms with E-state index < -0.39 is 11.9 Å². The number of hydrogen-bond acceptors (Lipinski definition) is 5. The van der Waals surface area contributed by atoms with Gasteiger partial charge in [0, 0.05) is 11.5 Å². The van der Waals surface area contributed by atoms with Gasteiger partial charge < -0.3 is 19.5 Å². The number of methoxy groups -OCH3 is 2. The van der Waals surface area contributed by atoms with Gasteiger partial charge in [-0.25, -0.2) is 0 Å². The van der Waals surface area contributed by atoms with Crippen molar-refractivity contribution in [3.8, 4) is 11.5 Å². The first-order valence-corrected chi connectivity index (χ1v) is 7.84. The molecule has 1 aliphatic carbocycles. The van der Waals surface area contributed by atoms with Crippen LogP contribution >= 0.6 is 0 Å². The molecule has 1 aromatic carbocycles. The number of benzene rings is 1. The number of carbonyl (C=O) groups excluding carboxylic acids is 1. The number of likely N-dealkylation sites (tertiary alicyclic amines) is 1. The van der Waals surface area contributed by atoms with Crippen LogP contribution in [0.4, 0.5) is 0 Å². The van der Waals surface area contributed by atoms with E-state index in [0.29, 0.717) is 17.9 Å². The summed E-state index contributed by atoms with van der Waals surface area (Å²) in [6, 6.07) is 5.69. The molecule has 0 spiro atoms. The number of rotatable bonds is 3. The van der Waals surface area contributed by atoms with Crippen molar-refractivity contribution in [2.24, 2.45) is 0 Å². The highest BCUT2D eigenvalue weighted by molar-refractivity contribution is 6.26. The van der Waals surface area contributed by atoms with E-state index in [1.807, 2.05) is 25.2 Å². The molecule has 0 aromatic heterocycles. The lowest BCUT2D eigenvalue weighted by Gasteiger charge is -2.46. The Hall–Kier alpha value is -1.53. The largest absolute Gasteiger partial charge is 0.493 e. The average molecular weight is 315 g/mol. The molecule has 1 aliphatic heterocycles. The van der Waals surface area contributed by atoms with Crippen molar-refractivity contribution in [1.29, 1.82) is 0 Å². The fourth-order valence-electron chi connectivity index (χ4n) is 4.33. The molecule has 3 rings (SSSR count). The van der Waals surface area contributed by atoms with Gasteiger partial charge in [0.2, 0.25) is 0 Å². The van der Waals surface area contributed by atoms with Gasteiger partial charge in [-0.1, -0.05) is 6.07 Å². The molecule has 23 heavy (non-hydrogen) atoms. The molecule has 2 radical (unpaired) electrons. The first-order valence-electron chi connectivity index (χ1n) is 7.84. The van der Waals surface area contributed by atoms with Crippen LogP contribution in [0, 0.1) is 0 Å². The number of aliphatic hydroxyl groups excluding tert-OH is 1. The van der Waals surface area contributed by atoms with Crippen molar-refractivity contribution in [3.05, 3.63) is 23.8 Å². The molecule has 2 fully saturated rings. The van der Waals surface area contributed by atoms with Crippen molar-refractivity contribution in [2.75, 3.05) is 27.8 Å². The molecule has 0 bridgehead atoms. The Labute approximate surface area is 138 Å². The first-order chi connectivity index (χ1) is 10.9. The first kappa shape index (κ1) is 16.3. The highest BCUT2D eigenvalue weighted by Gasteiger charge is 2.56. The van der Waals surface area contributed by atoms with Gasteiger partial charge in [-0.15, -0.1) is 0 Å². The molecule has 3 unspecified atom stereocenters. The summed E-state index contributed by atoms with van der Waals surface area (Å²) in [5.41, 5.74) is 0.688. The van der Waals surface area contributed by atoms with Crippen LogP contribution in [0.5, 0.6) is 11.5 Å². The summed E-state index contributed by atoms with van der Waals surface area (Å²) in [7, 11) is 11.4. The van der Waals surface area contributed by atoms with E-state index in [0.717, 1.165) is 18.5 Å². The van der Waals surface area contributed by atoms with Crippen molar-refractivity contribution in [3.63, 3.8) is 0 Å². The van der Waals surface area contributed by atoms with Crippen LogP contribution in [0.2, 0.25) is 5.82 Å². The number of ketones is 1. The summed E-state index contributed by atoms with van der Waals surface area (Å²) >= 11 is 0. The van der Waals surface area contributed by atoms with Gasteiger partial charge >= 0.3 is 0 Å². The number of nitrogens with zero attached hydrogens (tertiary/aromatic N) is 1. The minimum atomic E-state index is -1.01. The quantitative estimate of drug-likeness (QED) is 0.841. The van der Waals surface area contributed by atoms with Crippen molar-refractivity contribution < 1.29 is 19.4 Å². The molecule has 4 atom stereocenters. The lowest BCUT2D eigenvalue weighted by molar-refractivity contribution is -0.132. The molecule has 6 heteroatoms. The molecule has 5 nitrogen and oxygen atoms in total. The number of ether oxygens (including phenoxy) is 2. The molecule has 1 heterocycles. The fourth-order valence-corrected chi connectivity index (χ4v) is 4.33. The van der Waals surface area contributed by atoms with E-state index in [9.17, 15) is 9.90 Å². The lowest BCUT2D eigenvalue weighted by Crippen LogP contribution is -2.55. The predicted octanol–water partition coefficient (Wildman–Crippen LogP) is 0.936. The molecule has 1 saturated heterocycles. The van der Waals surface area contributed by atoms with E-state index in [2.05, 4.69) is 4.90 Å².